The SMILES string of the molecule is CC.CSNc1ccn(C(=O)N2CCN(Cc3ccc(Cl)nc3N3CCCC3)CC2)n1. The molecule has 0 bridgehead atoms. The molecule has 0 atom stereocenters. The molecule has 8 nitrogen and oxygen atoms in total. The Morgan fingerprint density at radius 1 is 1.10 bits per heavy atom. The minimum Gasteiger partial charge on any atom is -0.356 e. The van der Waals surface area contributed by atoms with Crippen LogP contribution in [0.15, 0.2) is 24.4 Å². The number of amides is 1. The molecule has 2 aromatic rings. The Labute approximate surface area is 194 Å². The summed E-state index contributed by atoms with van der Waals surface area (Å²) in [5.41, 5.74) is 1.20. The first-order valence-electron chi connectivity index (χ1n) is 10.9. The van der Waals surface area contributed by atoms with Crippen molar-refractivity contribution >= 4 is 41.2 Å². The highest BCUT2D eigenvalue weighted by atomic mass is 35.5. The van der Waals surface area contributed by atoms with E-state index in [4.69, 9.17) is 11.6 Å². The van der Waals surface area contributed by atoms with Crippen LogP contribution in [0.1, 0.15) is 32.3 Å². The molecule has 2 fully saturated rings. The van der Waals surface area contributed by atoms with Crippen molar-refractivity contribution in [2.24, 2.45) is 0 Å². The number of hydrogen-bond donors (Lipinski definition) is 1. The number of nitrogens with zero attached hydrogens (tertiary/aromatic N) is 6. The van der Waals surface area contributed by atoms with E-state index in [0.717, 1.165) is 38.5 Å². The Hall–Kier alpha value is -1.97. The standard InChI is InChI=1S/C19H26ClN7OS.C2H6/c1-29-23-17-6-9-27(22-17)19(28)26-12-10-24(11-13-26)14-15-4-5-16(20)21-18(15)25-7-2-3-8-25;1-2/h4-6,9H,2-3,7-8,10-14H2,1H3,(H,22,23);1-2H3. The van der Waals surface area contributed by atoms with Gasteiger partial charge in [-0.25, -0.2) is 9.78 Å². The fraction of sp³-hybridized carbons (Fsp3) is 0.571. The van der Waals surface area contributed by atoms with E-state index in [1.807, 2.05) is 31.1 Å². The van der Waals surface area contributed by atoms with Crippen molar-refractivity contribution in [2.45, 2.75) is 33.2 Å². The van der Waals surface area contributed by atoms with Gasteiger partial charge in [0.05, 0.1) is 0 Å². The van der Waals surface area contributed by atoms with E-state index in [1.165, 1.54) is 35.0 Å². The van der Waals surface area contributed by atoms with E-state index in [2.05, 4.69) is 30.7 Å². The van der Waals surface area contributed by atoms with Crippen LogP contribution < -0.4 is 9.62 Å². The molecule has 10 heteroatoms. The number of nitrogens with one attached hydrogen (secondary N) is 1. The minimum atomic E-state index is -0.0790. The summed E-state index contributed by atoms with van der Waals surface area (Å²) in [6, 6.07) is 5.68. The first kappa shape index (κ1) is 23.7. The molecule has 31 heavy (non-hydrogen) atoms. The minimum absolute atomic E-state index is 0.0790. The molecule has 0 saturated carbocycles. The highest BCUT2D eigenvalue weighted by molar-refractivity contribution is 7.99. The molecule has 0 spiro atoms. The highest BCUT2D eigenvalue weighted by Crippen LogP contribution is 2.26. The number of aromatic nitrogens is 3. The lowest BCUT2D eigenvalue weighted by atomic mass is 10.2. The van der Waals surface area contributed by atoms with Gasteiger partial charge < -0.3 is 14.5 Å². The van der Waals surface area contributed by atoms with E-state index >= 15 is 0 Å². The molecule has 0 radical (unpaired) electrons. The summed E-state index contributed by atoms with van der Waals surface area (Å²) in [5.74, 6) is 1.70. The van der Waals surface area contributed by atoms with Gasteiger partial charge in [-0.3, -0.25) is 4.90 Å². The van der Waals surface area contributed by atoms with Crippen LogP contribution in [0.3, 0.4) is 0 Å². The number of pyridine rings is 1. The first-order valence-corrected chi connectivity index (χ1v) is 12.5. The van der Waals surface area contributed by atoms with Crippen LogP contribution in [-0.4, -0.2) is 76.1 Å². The topological polar surface area (TPSA) is 69.5 Å². The van der Waals surface area contributed by atoms with Crippen LogP contribution in [0.2, 0.25) is 5.15 Å². The molecule has 4 heterocycles. The van der Waals surface area contributed by atoms with Crippen LogP contribution in [0, 0.1) is 0 Å². The quantitative estimate of drug-likeness (QED) is 0.528. The van der Waals surface area contributed by atoms with Gasteiger partial charge in [-0.15, -0.1) is 5.10 Å². The van der Waals surface area contributed by atoms with Gasteiger partial charge in [-0.2, -0.15) is 4.68 Å². The van der Waals surface area contributed by atoms with E-state index in [9.17, 15) is 4.79 Å². The molecule has 2 aliphatic heterocycles. The van der Waals surface area contributed by atoms with Crippen molar-refractivity contribution in [3.05, 3.63) is 35.1 Å². The van der Waals surface area contributed by atoms with Crippen LogP contribution in [0.25, 0.3) is 0 Å². The zero-order valence-corrected chi connectivity index (χ0v) is 20.1. The van der Waals surface area contributed by atoms with Gasteiger partial charge >= 0.3 is 6.03 Å². The van der Waals surface area contributed by atoms with Crippen molar-refractivity contribution in [3.63, 3.8) is 0 Å². The summed E-state index contributed by atoms with van der Waals surface area (Å²) in [6.45, 7) is 9.92. The van der Waals surface area contributed by atoms with E-state index in [0.29, 0.717) is 24.1 Å². The summed E-state index contributed by atoms with van der Waals surface area (Å²) in [7, 11) is 0. The number of anilines is 2. The predicted molar refractivity (Wildman–Crippen MR) is 129 cm³/mol. The Morgan fingerprint density at radius 3 is 2.48 bits per heavy atom. The van der Waals surface area contributed by atoms with Gasteiger partial charge in [-0.05, 0) is 18.9 Å². The Balaban J connectivity index is 0.00000132. The molecule has 0 aromatic carbocycles. The molecule has 0 unspecified atom stereocenters. The molecule has 0 aliphatic carbocycles. The predicted octanol–water partition coefficient (Wildman–Crippen LogP) is 4.03. The number of rotatable bonds is 5. The van der Waals surface area contributed by atoms with Gasteiger partial charge in [0.15, 0.2) is 5.82 Å². The molecular formula is C21H32ClN7OS. The lowest BCUT2D eigenvalue weighted by molar-refractivity contribution is 0.134. The molecule has 2 saturated heterocycles. The zero-order valence-electron chi connectivity index (χ0n) is 18.6. The third kappa shape index (κ3) is 6.05. The van der Waals surface area contributed by atoms with E-state index < -0.39 is 0 Å². The van der Waals surface area contributed by atoms with Crippen molar-refractivity contribution in [1.29, 1.82) is 0 Å². The molecule has 170 valence electrons. The van der Waals surface area contributed by atoms with Gasteiger partial charge in [0.25, 0.3) is 0 Å². The maximum Gasteiger partial charge on any atom is 0.344 e. The molecule has 2 aliphatic rings. The number of piperazine rings is 1. The normalized spacial score (nSPS) is 16.8. The maximum atomic E-state index is 12.7. The zero-order chi connectivity index (χ0) is 22.2. The van der Waals surface area contributed by atoms with Crippen LogP contribution >= 0.6 is 23.5 Å². The fourth-order valence-corrected chi connectivity index (χ4v) is 4.31. The Morgan fingerprint density at radius 2 is 1.81 bits per heavy atom. The third-order valence-electron chi connectivity index (χ3n) is 5.36. The average Bonchev–Trinajstić information content (AvgIpc) is 3.49. The number of halogens is 1. The van der Waals surface area contributed by atoms with Gasteiger partial charge in [-0.1, -0.05) is 43.5 Å². The number of carbonyl (C=O) groups excluding carboxylic acids is 1. The second kappa shape index (κ2) is 11.6. The first-order chi connectivity index (χ1) is 15.1. The second-order valence-electron chi connectivity index (χ2n) is 7.31. The lowest BCUT2D eigenvalue weighted by Crippen LogP contribution is -2.49. The molecular weight excluding hydrogens is 434 g/mol. The van der Waals surface area contributed by atoms with Crippen molar-refractivity contribution < 1.29 is 4.79 Å². The molecule has 1 amide bonds. The second-order valence-corrected chi connectivity index (χ2v) is 8.31. The smallest absolute Gasteiger partial charge is 0.344 e. The summed E-state index contributed by atoms with van der Waals surface area (Å²) >= 11 is 7.62. The summed E-state index contributed by atoms with van der Waals surface area (Å²) in [6.07, 6.45) is 6.03. The third-order valence-corrected chi connectivity index (χ3v) is 5.98. The maximum absolute atomic E-state index is 12.7. The summed E-state index contributed by atoms with van der Waals surface area (Å²) in [5, 5.41) is 4.82. The number of carbonyl (C=O) groups is 1. The van der Waals surface area contributed by atoms with Gasteiger partial charge in [0.2, 0.25) is 0 Å². The monoisotopic (exact) mass is 465 g/mol. The molecule has 2 aromatic heterocycles. The van der Waals surface area contributed by atoms with Crippen molar-refractivity contribution in [3.8, 4) is 0 Å². The Bertz CT molecular complexity index is 848. The lowest BCUT2D eigenvalue weighted by Gasteiger charge is -2.35. The average molecular weight is 466 g/mol. The summed E-state index contributed by atoms with van der Waals surface area (Å²) < 4.78 is 4.44. The van der Waals surface area contributed by atoms with Gasteiger partial charge in [0.1, 0.15) is 11.0 Å². The van der Waals surface area contributed by atoms with E-state index in [1.54, 1.807) is 12.3 Å². The summed E-state index contributed by atoms with van der Waals surface area (Å²) in [4.78, 5) is 23.9. The van der Waals surface area contributed by atoms with Crippen LogP contribution in [-0.2, 0) is 6.54 Å². The van der Waals surface area contributed by atoms with E-state index in [-0.39, 0.29) is 6.03 Å². The number of hydrogen-bond acceptors (Lipinski definition) is 7. The van der Waals surface area contributed by atoms with Crippen LogP contribution in [0.5, 0.6) is 0 Å². The highest BCUT2D eigenvalue weighted by Gasteiger charge is 2.25. The van der Waals surface area contributed by atoms with Crippen LogP contribution in [0.4, 0.5) is 16.4 Å². The fourth-order valence-electron chi connectivity index (χ4n) is 3.85. The Kier molecular flexibility index (Phi) is 8.86. The van der Waals surface area contributed by atoms with Crippen molar-refractivity contribution in [2.75, 3.05) is 55.1 Å². The van der Waals surface area contributed by atoms with Gasteiger partial charge in [0, 0.05) is 69.9 Å². The molecule has 4 rings (SSSR count). The largest absolute Gasteiger partial charge is 0.356 e. The molecule has 1 N–H and O–H groups in total. The van der Waals surface area contributed by atoms with Crippen molar-refractivity contribution in [1.82, 2.24) is 24.6 Å².